The maximum atomic E-state index is 13.0. The first kappa shape index (κ1) is 19.1. The number of halogens is 2. The van der Waals surface area contributed by atoms with E-state index in [4.69, 9.17) is 27.9 Å². The Morgan fingerprint density at radius 3 is 2.59 bits per heavy atom. The van der Waals surface area contributed by atoms with Crippen molar-refractivity contribution in [3.63, 3.8) is 0 Å². The number of hydrogen-bond donors (Lipinski definition) is 3. The highest BCUT2D eigenvalue weighted by atomic mass is 35.5. The Kier molecular flexibility index (Phi) is 5.58. The smallest absolute Gasteiger partial charge is 0.319 e. The summed E-state index contributed by atoms with van der Waals surface area (Å²) in [4.78, 5) is 25.0. The number of ether oxygens (including phenoxy) is 1. The lowest BCUT2D eigenvalue weighted by Gasteiger charge is -2.29. The fourth-order valence-electron chi connectivity index (χ4n) is 2.87. The minimum absolute atomic E-state index is 0.337. The van der Waals surface area contributed by atoms with Crippen LogP contribution >= 0.6 is 23.2 Å². The molecule has 0 aromatic heterocycles. The van der Waals surface area contributed by atoms with Crippen molar-refractivity contribution in [2.75, 3.05) is 12.4 Å². The average molecular weight is 406 g/mol. The van der Waals surface area contributed by atoms with Gasteiger partial charge in [0, 0.05) is 5.70 Å². The molecule has 3 N–H and O–H groups in total. The Hall–Kier alpha value is -2.70. The lowest BCUT2D eigenvalue weighted by atomic mass is 9.95. The molecule has 0 spiro atoms. The van der Waals surface area contributed by atoms with E-state index in [1.54, 1.807) is 49.4 Å². The second-order valence-corrected chi connectivity index (χ2v) is 6.71. The van der Waals surface area contributed by atoms with Gasteiger partial charge in [-0.3, -0.25) is 4.79 Å². The van der Waals surface area contributed by atoms with Crippen molar-refractivity contribution in [2.24, 2.45) is 0 Å². The van der Waals surface area contributed by atoms with E-state index in [-0.39, 0.29) is 5.91 Å². The molecule has 0 bridgehead atoms. The molecule has 1 atom stereocenters. The van der Waals surface area contributed by atoms with Gasteiger partial charge in [0.1, 0.15) is 5.75 Å². The first-order valence-electron chi connectivity index (χ1n) is 8.08. The van der Waals surface area contributed by atoms with E-state index in [0.717, 1.165) is 0 Å². The highest BCUT2D eigenvalue weighted by Gasteiger charge is 2.31. The van der Waals surface area contributed by atoms with Crippen molar-refractivity contribution >= 4 is 40.8 Å². The van der Waals surface area contributed by atoms with Gasteiger partial charge >= 0.3 is 6.03 Å². The van der Waals surface area contributed by atoms with Crippen LogP contribution in [0.1, 0.15) is 18.5 Å². The van der Waals surface area contributed by atoms with E-state index in [0.29, 0.717) is 38.3 Å². The van der Waals surface area contributed by atoms with Crippen LogP contribution in [-0.4, -0.2) is 19.0 Å². The largest absolute Gasteiger partial charge is 0.495 e. The van der Waals surface area contributed by atoms with Crippen LogP contribution in [-0.2, 0) is 4.79 Å². The number of carbonyl (C=O) groups is 2. The van der Waals surface area contributed by atoms with Gasteiger partial charge in [-0.1, -0.05) is 41.4 Å². The number of carbonyl (C=O) groups excluding carboxylic acids is 2. The molecule has 0 saturated carbocycles. The lowest BCUT2D eigenvalue weighted by Crippen LogP contribution is -2.46. The fraction of sp³-hybridized carbons (Fsp3) is 0.158. The molecule has 140 valence electrons. The molecule has 0 radical (unpaired) electrons. The number of rotatable bonds is 4. The molecule has 6 nitrogen and oxygen atoms in total. The van der Waals surface area contributed by atoms with E-state index in [2.05, 4.69) is 16.0 Å². The van der Waals surface area contributed by atoms with E-state index in [1.165, 1.54) is 7.11 Å². The summed E-state index contributed by atoms with van der Waals surface area (Å²) in [7, 11) is 1.52. The predicted molar refractivity (Wildman–Crippen MR) is 105 cm³/mol. The number of hydrogen-bond acceptors (Lipinski definition) is 3. The number of methoxy groups -OCH3 is 1. The minimum atomic E-state index is -0.678. The molecule has 0 saturated heterocycles. The molecule has 1 aliphatic rings. The second-order valence-electron chi connectivity index (χ2n) is 5.90. The maximum absolute atomic E-state index is 13.0. The third kappa shape index (κ3) is 4.02. The SMILES string of the molecule is COc1ccccc1NC(=O)C1=C(C)NC(=O)N[C@@H]1c1ccc(Cl)c(Cl)c1. The summed E-state index contributed by atoms with van der Waals surface area (Å²) in [5.41, 5.74) is 1.97. The Balaban J connectivity index is 1.98. The van der Waals surface area contributed by atoms with Crippen molar-refractivity contribution < 1.29 is 14.3 Å². The van der Waals surface area contributed by atoms with Crippen molar-refractivity contribution in [1.29, 1.82) is 0 Å². The lowest BCUT2D eigenvalue weighted by molar-refractivity contribution is -0.113. The quantitative estimate of drug-likeness (QED) is 0.710. The summed E-state index contributed by atoms with van der Waals surface area (Å²) in [5, 5.41) is 8.94. The Morgan fingerprint density at radius 1 is 1.15 bits per heavy atom. The van der Waals surface area contributed by atoms with Crippen LogP contribution in [0.3, 0.4) is 0 Å². The summed E-state index contributed by atoms with van der Waals surface area (Å²) in [6.45, 7) is 1.67. The fourth-order valence-corrected chi connectivity index (χ4v) is 3.18. The van der Waals surface area contributed by atoms with Gasteiger partial charge in [0.15, 0.2) is 0 Å². The highest BCUT2D eigenvalue weighted by Crippen LogP contribution is 2.32. The second kappa shape index (κ2) is 7.90. The topological polar surface area (TPSA) is 79.5 Å². The highest BCUT2D eigenvalue weighted by molar-refractivity contribution is 6.42. The number of urea groups is 1. The van der Waals surface area contributed by atoms with Crippen LogP contribution in [0.4, 0.5) is 10.5 Å². The van der Waals surface area contributed by atoms with E-state index in [1.807, 2.05) is 0 Å². The van der Waals surface area contributed by atoms with Crippen LogP contribution in [0.5, 0.6) is 5.75 Å². The van der Waals surface area contributed by atoms with Crippen molar-refractivity contribution in [2.45, 2.75) is 13.0 Å². The van der Waals surface area contributed by atoms with Crippen LogP contribution in [0.25, 0.3) is 0 Å². The summed E-state index contributed by atoms with van der Waals surface area (Å²) < 4.78 is 5.27. The van der Waals surface area contributed by atoms with Crippen molar-refractivity contribution in [1.82, 2.24) is 10.6 Å². The van der Waals surface area contributed by atoms with E-state index in [9.17, 15) is 9.59 Å². The summed E-state index contributed by atoms with van der Waals surface area (Å²) in [6, 6.07) is 11.0. The van der Waals surface area contributed by atoms with E-state index < -0.39 is 12.1 Å². The molecular weight excluding hydrogens is 389 g/mol. The zero-order valence-corrected chi connectivity index (χ0v) is 16.1. The van der Waals surface area contributed by atoms with Gasteiger partial charge < -0.3 is 20.7 Å². The Bertz CT molecular complexity index is 944. The van der Waals surface area contributed by atoms with Crippen LogP contribution in [0.2, 0.25) is 10.0 Å². The number of benzene rings is 2. The first-order valence-corrected chi connectivity index (χ1v) is 8.84. The number of anilines is 1. The molecule has 1 aliphatic heterocycles. The van der Waals surface area contributed by atoms with Gasteiger partial charge in [0.2, 0.25) is 0 Å². The van der Waals surface area contributed by atoms with Gasteiger partial charge in [-0.05, 0) is 36.8 Å². The molecule has 27 heavy (non-hydrogen) atoms. The Morgan fingerprint density at radius 2 is 1.89 bits per heavy atom. The zero-order valence-electron chi connectivity index (χ0n) is 14.6. The molecule has 2 aromatic carbocycles. The van der Waals surface area contributed by atoms with E-state index >= 15 is 0 Å². The van der Waals surface area contributed by atoms with Gasteiger partial charge in [0.05, 0.1) is 34.5 Å². The molecule has 0 aliphatic carbocycles. The third-order valence-corrected chi connectivity index (χ3v) is 4.88. The predicted octanol–water partition coefficient (Wildman–Crippen LogP) is 4.27. The average Bonchev–Trinajstić information content (AvgIpc) is 2.63. The molecule has 1 heterocycles. The molecule has 3 rings (SSSR count). The van der Waals surface area contributed by atoms with Crippen LogP contribution < -0.4 is 20.7 Å². The number of allylic oxidation sites excluding steroid dienone is 1. The Labute approximate surface area is 166 Å². The van der Waals surface area contributed by atoms with Crippen LogP contribution in [0, 0.1) is 0 Å². The molecular formula is C19H17Cl2N3O3. The maximum Gasteiger partial charge on any atom is 0.319 e. The molecule has 0 unspecified atom stereocenters. The molecule has 0 fully saturated rings. The number of nitrogens with one attached hydrogen (secondary N) is 3. The summed E-state index contributed by atoms with van der Waals surface area (Å²) in [6.07, 6.45) is 0. The molecule has 3 amide bonds. The standard InChI is InChI=1S/C19H17Cl2N3O3/c1-10-16(18(25)23-14-5-3-4-6-15(14)27-2)17(24-19(26)22-10)11-7-8-12(20)13(21)9-11/h3-9,17H,1-2H3,(H,23,25)(H2,22,24,26)/t17-/m1/s1. The summed E-state index contributed by atoms with van der Waals surface area (Å²) in [5.74, 6) is 0.156. The van der Waals surface area contributed by atoms with Gasteiger partial charge in [-0.2, -0.15) is 0 Å². The van der Waals surface area contributed by atoms with Gasteiger partial charge in [0.25, 0.3) is 5.91 Å². The van der Waals surface area contributed by atoms with Gasteiger partial charge in [-0.25, -0.2) is 4.79 Å². The molecule has 8 heteroatoms. The number of amides is 3. The van der Waals surface area contributed by atoms with Crippen molar-refractivity contribution in [3.05, 3.63) is 69.3 Å². The van der Waals surface area contributed by atoms with Crippen molar-refractivity contribution in [3.8, 4) is 5.75 Å². The zero-order chi connectivity index (χ0) is 19.6. The monoisotopic (exact) mass is 405 g/mol. The minimum Gasteiger partial charge on any atom is -0.495 e. The number of para-hydroxylation sites is 2. The summed E-state index contributed by atoms with van der Waals surface area (Å²) >= 11 is 12.1. The normalized spacial score (nSPS) is 16.4. The van der Waals surface area contributed by atoms with Gasteiger partial charge in [-0.15, -0.1) is 0 Å². The third-order valence-electron chi connectivity index (χ3n) is 4.15. The first-order chi connectivity index (χ1) is 12.9. The molecule has 2 aromatic rings. The van der Waals surface area contributed by atoms with Crippen LogP contribution in [0.15, 0.2) is 53.7 Å².